The highest BCUT2D eigenvalue weighted by Crippen LogP contribution is 2.35. The fraction of sp³-hybridized carbons (Fsp3) is 0.417. The summed E-state index contributed by atoms with van der Waals surface area (Å²) in [6.07, 6.45) is -2.36. The van der Waals surface area contributed by atoms with E-state index in [0.29, 0.717) is 11.1 Å². The van der Waals surface area contributed by atoms with Gasteiger partial charge in [-0.3, -0.25) is 0 Å². The van der Waals surface area contributed by atoms with Gasteiger partial charge in [0.05, 0.1) is 11.1 Å². The van der Waals surface area contributed by atoms with Gasteiger partial charge in [0.1, 0.15) is 44.4 Å². The van der Waals surface area contributed by atoms with Gasteiger partial charge in [-0.2, -0.15) is 0 Å². The van der Waals surface area contributed by atoms with Crippen molar-refractivity contribution in [2.45, 2.75) is 44.1 Å². The van der Waals surface area contributed by atoms with E-state index in [1.807, 2.05) is 12.1 Å². The molecule has 2 aliphatic rings. The molecule has 8 nitrogen and oxygen atoms in total. The largest absolute Gasteiger partial charge is 0.459 e. The summed E-state index contributed by atoms with van der Waals surface area (Å²) in [5, 5.41) is 0. The van der Waals surface area contributed by atoms with Gasteiger partial charge in [0.2, 0.25) is 0 Å². The molecular weight excluding hydrogens is 416 g/mol. The minimum absolute atomic E-state index is 0.0335. The molecule has 32 heavy (non-hydrogen) atoms. The molecule has 0 spiro atoms. The zero-order valence-corrected chi connectivity index (χ0v) is 18.0. The van der Waals surface area contributed by atoms with Gasteiger partial charge in [-0.05, 0) is 38.1 Å². The Bertz CT molecular complexity index is 841. The van der Waals surface area contributed by atoms with E-state index >= 15 is 0 Å². The fourth-order valence-corrected chi connectivity index (χ4v) is 3.71. The van der Waals surface area contributed by atoms with Crippen LogP contribution in [0.4, 0.5) is 0 Å². The number of esters is 2. The predicted octanol–water partition coefficient (Wildman–Crippen LogP) is 2.96. The summed E-state index contributed by atoms with van der Waals surface area (Å²) in [6.45, 7) is 3.41. The van der Waals surface area contributed by atoms with E-state index in [4.69, 9.17) is 28.4 Å². The molecule has 2 aromatic rings. The third kappa shape index (κ3) is 5.34. The Labute approximate surface area is 186 Å². The Morgan fingerprint density at radius 3 is 1.59 bits per heavy atom. The number of benzene rings is 2. The van der Waals surface area contributed by atoms with Crippen LogP contribution < -0.4 is 0 Å². The minimum atomic E-state index is -0.900. The Hall–Kier alpha value is -2.78. The second kappa shape index (κ2) is 9.79. The standard InChI is InChI=1S/C24H26O8/c1-24(2)31-20-18(13-27-22(25)16-9-5-3-6-10-16)29-15-30-19(21(20)32-24)14-28-23(26)17-11-7-4-8-12-17/h3-12,18-21H,13-15H2,1-2H3/t18-,19-,20+,21+/m0/s1. The van der Waals surface area contributed by atoms with Gasteiger partial charge in [-0.25, -0.2) is 9.59 Å². The van der Waals surface area contributed by atoms with E-state index in [0.717, 1.165) is 0 Å². The van der Waals surface area contributed by atoms with E-state index in [-0.39, 0.29) is 20.0 Å². The van der Waals surface area contributed by atoms with Crippen molar-refractivity contribution in [2.75, 3.05) is 20.0 Å². The molecule has 0 aliphatic carbocycles. The van der Waals surface area contributed by atoms with Gasteiger partial charge in [0.15, 0.2) is 5.79 Å². The van der Waals surface area contributed by atoms with Crippen molar-refractivity contribution in [2.24, 2.45) is 0 Å². The van der Waals surface area contributed by atoms with Crippen LogP contribution in [0.15, 0.2) is 60.7 Å². The summed E-state index contributed by atoms with van der Waals surface area (Å²) < 4.78 is 34.5. The van der Waals surface area contributed by atoms with Crippen LogP contribution in [-0.4, -0.2) is 62.1 Å². The number of ether oxygens (including phenoxy) is 6. The number of hydrogen-bond acceptors (Lipinski definition) is 8. The number of carbonyl (C=O) groups excluding carboxylic acids is 2. The Morgan fingerprint density at radius 2 is 1.19 bits per heavy atom. The summed E-state index contributed by atoms with van der Waals surface area (Å²) in [5.41, 5.74) is 0.895. The molecule has 2 heterocycles. The second-order valence-corrected chi connectivity index (χ2v) is 8.02. The molecule has 4 rings (SSSR count). The average Bonchev–Trinajstić information content (AvgIpc) is 3.05. The maximum atomic E-state index is 12.3. The topological polar surface area (TPSA) is 89.5 Å². The molecule has 0 N–H and O–H groups in total. The molecule has 0 saturated carbocycles. The normalized spacial score (nSPS) is 26.6. The summed E-state index contributed by atoms with van der Waals surface area (Å²) in [5.74, 6) is -1.81. The summed E-state index contributed by atoms with van der Waals surface area (Å²) >= 11 is 0. The molecule has 8 heteroatoms. The van der Waals surface area contributed by atoms with Gasteiger partial charge in [-0.1, -0.05) is 36.4 Å². The molecule has 0 amide bonds. The van der Waals surface area contributed by atoms with Crippen molar-refractivity contribution in [3.05, 3.63) is 71.8 Å². The monoisotopic (exact) mass is 442 g/mol. The van der Waals surface area contributed by atoms with Crippen LogP contribution in [0.5, 0.6) is 0 Å². The molecule has 2 aromatic carbocycles. The van der Waals surface area contributed by atoms with Crippen LogP contribution in [0.2, 0.25) is 0 Å². The van der Waals surface area contributed by atoms with Crippen molar-refractivity contribution in [1.29, 1.82) is 0 Å². The lowest BCUT2D eigenvalue weighted by Crippen LogP contribution is -2.45. The Kier molecular flexibility index (Phi) is 6.86. The fourth-order valence-electron chi connectivity index (χ4n) is 3.71. The van der Waals surface area contributed by atoms with Gasteiger partial charge in [0.25, 0.3) is 0 Å². The first-order valence-corrected chi connectivity index (χ1v) is 10.5. The van der Waals surface area contributed by atoms with Gasteiger partial charge < -0.3 is 28.4 Å². The van der Waals surface area contributed by atoms with E-state index in [2.05, 4.69) is 0 Å². The molecule has 170 valence electrons. The van der Waals surface area contributed by atoms with Crippen molar-refractivity contribution < 1.29 is 38.0 Å². The molecule has 0 bridgehead atoms. The highest BCUT2D eigenvalue weighted by atomic mass is 16.8. The third-order valence-corrected chi connectivity index (χ3v) is 5.24. The zero-order valence-electron chi connectivity index (χ0n) is 18.0. The lowest BCUT2D eigenvalue weighted by molar-refractivity contribution is -0.201. The number of rotatable bonds is 6. The van der Waals surface area contributed by atoms with Crippen molar-refractivity contribution in [1.82, 2.24) is 0 Å². The van der Waals surface area contributed by atoms with Crippen molar-refractivity contribution >= 4 is 11.9 Å². The van der Waals surface area contributed by atoms with E-state index in [1.165, 1.54) is 0 Å². The first-order valence-electron chi connectivity index (χ1n) is 10.5. The van der Waals surface area contributed by atoms with Crippen LogP contribution in [0.25, 0.3) is 0 Å². The summed E-state index contributed by atoms with van der Waals surface area (Å²) in [6, 6.07) is 17.4. The minimum Gasteiger partial charge on any atom is -0.459 e. The summed E-state index contributed by atoms with van der Waals surface area (Å²) in [7, 11) is 0. The highest BCUT2D eigenvalue weighted by Gasteiger charge is 2.51. The third-order valence-electron chi connectivity index (χ3n) is 5.24. The Balaban J connectivity index is 1.40. The highest BCUT2D eigenvalue weighted by molar-refractivity contribution is 5.89. The SMILES string of the molecule is CC1(C)O[C@H]2[C@H](O1)[C@H](COC(=O)c1ccccc1)OCO[C@H]2COC(=O)c1ccccc1. The molecule has 2 aliphatic heterocycles. The van der Waals surface area contributed by atoms with Crippen LogP contribution >= 0.6 is 0 Å². The van der Waals surface area contributed by atoms with Crippen LogP contribution in [0.3, 0.4) is 0 Å². The van der Waals surface area contributed by atoms with Crippen LogP contribution in [0, 0.1) is 0 Å². The Morgan fingerprint density at radius 1 is 0.781 bits per heavy atom. The first kappa shape index (κ1) is 22.4. The van der Waals surface area contributed by atoms with Crippen LogP contribution in [-0.2, 0) is 28.4 Å². The number of carbonyl (C=O) groups is 2. The molecule has 0 radical (unpaired) electrons. The molecular formula is C24H26O8. The van der Waals surface area contributed by atoms with Crippen molar-refractivity contribution in [3.8, 4) is 0 Å². The quantitative estimate of drug-likeness (QED) is 0.631. The predicted molar refractivity (Wildman–Crippen MR) is 112 cm³/mol. The smallest absolute Gasteiger partial charge is 0.338 e. The molecule has 0 unspecified atom stereocenters. The zero-order chi connectivity index (χ0) is 22.6. The lowest BCUT2D eigenvalue weighted by Gasteiger charge is -2.24. The van der Waals surface area contributed by atoms with Gasteiger partial charge in [0, 0.05) is 0 Å². The molecule has 2 saturated heterocycles. The van der Waals surface area contributed by atoms with Gasteiger partial charge >= 0.3 is 11.9 Å². The van der Waals surface area contributed by atoms with Crippen molar-refractivity contribution in [3.63, 3.8) is 0 Å². The lowest BCUT2D eigenvalue weighted by atomic mass is 10.0. The second-order valence-electron chi connectivity index (χ2n) is 8.02. The van der Waals surface area contributed by atoms with Crippen LogP contribution in [0.1, 0.15) is 34.6 Å². The summed E-state index contributed by atoms with van der Waals surface area (Å²) in [4.78, 5) is 24.7. The number of hydrogen-bond donors (Lipinski definition) is 0. The maximum absolute atomic E-state index is 12.3. The number of fused-ring (bicyclic) bond motifs is 1. The molecule has 2 fully saturated rings. The van der Waals surface area contributed by atoms with E-state index < -0.39 is 42.1 Å². The molecule has 4 atom stereocenters. The van der Waals surface area contributed by atoms with Gasteiger partial charge in [-0.15, -0.1) is 0 Å². The average molecular weight is 442 g/mol. The first-order chi connectivity index (χ1) is 15.4. The maximum Gasteiger partial charge on any atom is 0.338 e. The van der Waals surface area contributed by atoms with E-state index in [9.17, 15) is 9.59 Å². The van der Waals surface area contributed by atoms with E-state index in [1.54, 1.807) is 62.4 Å². The molecule has 0 aromatic heterocycles.